The number of hydrogen-bond donors (Lipinski definition) is 1. The molecule has 0 unspecified atom stereocenters. The Morgan fingerprint density at radius 3 is 3.09 bits per heavy atom. The first kappa shape index (κ1) is 6.09. The van der Waals surface area contributed by atoms with Crippen molar-refractivity contribution in [2.75, 3.05) is 5.73 Å². The van der Waals surface area contributed by atoms with Crippen molar-refractivity contribution in [3.05, 3.63) is 12.5 Å². The second-order valence-corrected chi connectivity index (χ2v) is 2.30. The third-order valence-corrected chi connectivity index (χ3v) is 1.44. The van der Waals surface area contributed by atoms with Crippen LogP contribution in [-0.2, 0) is 7.05 Å². The van der Waals surface area contributed by atoms with Gasteiger partial charge in [-0.15, -0.1) is 0 Å². The number of imidazole rings is 1. The minimum absolute atomic E-state index is 0.399. The molecule has 2 rings (SSSR count). The maximum Gasteiger partial charge on any atom is 0.199 e. The quantitative estimate of drug-likeness (QED) is 0.570. The van der Waals surface area contributed by atoms with E-state index in [1.54, 1.807) is 10.9 Å². The van der Waals surface area contributed by atoms with Crippen LogP contribution in [0, 0.1) is 0 Å². The van der Waals surface area contributed by atoms with E-state index >= 15 is 0 Å². The fraction of sp³-hybridized carbons (Fsp3) is 0.167. The summed E-state index contributed by atoms with van der Waals surface area (Å²) >= 11 is 0. The molecule has 56 valence electrons. The number of nitrogen functional groups attached to an aromatic ring is 1. The highest BCUT2D eigenvalue weighted by Crippen LogP contribution is 2.05. The first-order chi connectivity index (χ1) is 5.27. The Morgan fingerprint density at radius 1 is 1.45 bits per heavy atom. The highest BCUT2D eigenvalue weighted by Gasteiger charge is 2.00. The van der Waals surface area contributed by atoms with Crippen LogP contribution in [0.1, 0.15) is 0 Å². The molecule has 5 heteroatoms. The number of nitrogens with two attached hydrogens (primary N) is 1. The molecule has 11 heavy (non-hydrogen) atoms. The summed E-state index contributed by atoms with van der Waals surface area (Å²) in [6, 6.07) is 0. The van der Waals surface area contributed by atoms with Gasteiger partial charge in [-0.25, -0.2) is 15.0 Å². The second-order valence-electron chi connectivity index (χ2n) is 2.30. The highest BCUT2D eigenvalue weighted by molar-refractivity contribution is 5.66. The first-order valence-electron chi connectivity index (χ1n) is 3.17. The van der Waals surface area contributed by atoms with Crippen molar-refractivity contribution >= 4 is 17.1 Å². The summed E-state index contributed by atoms with van der Waals surface area (Å²) < 4.78 is 1.79. The molecule has 0 saturated heterocycles. The molecule has 0 spiro atoms. The zero-order valence-electron chi connectivity index (χ0n) is 6.02. The fourth-order valence-electron chi connectivity index (χ4n) is 0.918. The molecule has 0 fully saturated rings. The molecule has 2 aromatic rings. The van der Waals surface area contributed by atoms with E-state index in [1.807, 2.05) is 7.05 Å². The molecule has 0 bridgehead atoms. The van der Waals surface area contributed by atoms with Crippen molar-refractivity contribution in [3.63, 3.8) is 0 Å². The van der Waals surface area contributed by atoms with E-state index < -0.39 is 0 Å². The summed E-state index contributed by atoms with van der Waals surface area (Å²) in [5.74, 6) is 0.399. The third-order valence-electron chi connectivity index (χ3n) is 1.44. The number of rotatable bonds is 0. The molecule has 0 aliphatic rings. The lowest BCUT2D eigenvalue weighted by molar-refractivity contribution is 0.930. The predicted octanol–water partition coefficient (Wildman–Crippen LogP) is -0.0545. The Hall–Kier alpha value is -1.65. The maximum atomic E-state index is 5.41. The molecule has 0 radical (unpaired) electrons. The van der Waals surface area contributed by atoms with Crippen LogP contribution in [0.25, 0.3) is 11.3 Å². The summed E-state index contributed by atoms with van der Waals surface area (Å²) in [7, 11) is 1.86. The van der Waals surface area contributed by atoms with Gasteiger partial charge in [0.1, 0.15) is 5.82 Å². The summed E-state index contributed by atoms with van der Waals surface area (Å²) in [6.07, 6.45) is 3.17. The number of nitrogens with zero attached hydrogens (tertiary/aromatic N) is 4. The molecule has 0 saturated carbocycles. The van der Waals surface area contributed by atoms with Gasteiger partial charge in [0, 0.05) is 7.05 Å². The maximum absolute atomic E-state index is 5.41. The average molecular weight is 149 g/mol. The topological polar surface area (TPSA) is 69.6 Å². The molecule has 2 heterocycles. The summed E-state index contributed by atoms with van der Waals surface area (Å²) in [4.78, 5) is 12.0. The van der Waals surface area contributed by atoms with E-state index in [4.69, 9.17) is 5.73 Å². The van der Waals surface area contributed by atoms with Crippen LogP contribution in [0.5, 0.6) is 0 Å². The second kappa shape index (κ2) is 1.91. The lowest BCUT2D eigenvalue weighted by Crippen LogP contribution is -1.93. The Balaban J connectivity index is 2.86. The minimum atomic E-state index is 0.399. The summed E-state index contributed by atoms with van der Waals surface area (Å²) in [6.45, 7) is 0. The van der Waals surface area contributed by atoms with Gasteiger partial charge in [0.15, 0.2) is 11.3 Å². The molecule has 2 aromatic heterocycles. The van der Waals surface area contributed by atoms with Crippen LogP contribution >= 0.6 is 0 Å². The van der Waals surface area contributed by atoms with Gasteiger partial charge in [0.25, 0.3) is 0 Å². The molecule has 0 aliphatic carbocycles. The average Bonchev–Trinajstić information content (AvgIpc) is 2.32. The van der Waals surface area contributed by atoms with E-state index in [-0.39, 0.29) is 0 Å². The number of anilines is 1. The van der Waals surface area contributed by atoms with Gasteiger partial charge in [-0.2, -0.15) is 0 Å². The van der Waals surface area contributed by atoms with E-state index in [0.717, 1.165) is 5.65 Å². The number of hydrogen-bond acceptors (Lipinski definition) is 4. The van der Waals surface area contributed by atoms with E-state index in [9.17, 15) is 0 Å². The molecule has 2 N–H and O–H groups in total. The Labute approximate surface area is 62.9 Å². The van der Waals surface area contributed by atoms with Crippen molar-refractivity contribution in [1.82, 2.24) is 19.5 Å². The van der Waals surface area contributed by atoms with Crippen LogP contribution in [0.4, 0.5) is 5.82 Å². The van der Waals surface area contributed by atoms with Gasteiger partial charge in [-0.1, -0.05) is 0 Å². The van der Waals surface area contributed by atoms with Crippen LogP contribution in [0.3, 0.4) is 0 Å². The summed E-state index contributed by atoms with van der Waals surface area (Å²) in [5, 5.41) is 0. The Kier molecular flexibility index (Phi) is 1.06. The van der Waals surface area contributed by atoms with Crippen LogP contribution in [-0.4, -0.2) is 19.5 Å². The molecule has 0 atom stereocenters. The molecule has 5 nitrogen and oxygen atoms in total. The third kappa shape index (κ3) is 0.813. The normalized spacial score (nSPS) is 10.6. The zero-order chi connectivity index (χ0) is 7.84. The highest BCUT2D eigenvalue weighted by atomic mass is 15.1. The van der Waals surface area contributed by atoms with E-state index in [1.165, 1.54) is 6.20 Å². The molecule has 0 aromatic carbocycles. The van der Waals surface area contributed by atoms with Crippen LogP contribution in [0.2, 0.25) is 0 Å². The summed E-state index contributed by atoms with van der Waals surface area (Å²) in [5.41, 5.74) is 6.75. The first-order valence-corrected chi connectivity index (χ1v) is 3.17. The van der Waals surface area contributed by atoms with Crippen molar-refractivity contribution in [1.29, 1.82) is 0 Å². The smallest absolute Gasteiger partial charge is 0.199 e. The van der Waals surface area contributed by atoms with E-state index in [2.05, 4.69) is 15.0 Å². The van der Waals surface area contributed by atoms with Crippen LogP contribution < -0.4 is 5.73 Å². The van der Waals surface area contributed by atoms with Gasteiger partial charge in [-0.3, -0.25) is 0 Å². The van der Waals surface area contributed by atoms with Gasteiger partial charge >= 0.3 is 0 Å². The lowest BCUT2D eigenvalue weighted by Gasteiger charge is -1.92. The predicted molar refractivity (Wildman–Crippen MR) is 40.7 cm³/mol. The molecule has 0 aliphatic heterocycles. The SMILES string of the molecule is Cn1cnc2nc(N)cnc21. The number of fused-ring (bicyclic) bond motifs is 1. The molecule has 0 amide bonds. The van der Waals surface area contributed by atoms with Gasteiger partial charge in [0.05, 0.1) is 12.5 Å². The van der Waals surface area contributed by atoms with Crippen molar-refractivity contribution in [2.45, 2.75) is 0 Å². The molecular weight excluding hydrogens is 142 g/mol. The van der Waals surface area contributed by atoms with Crippen molar-refractivity contribution < 1.29 is 0 Å². The number of aromatic nitrogens is 4. The minimum Gasteiger partial charge on any atom is -0.382 e. The fourth-order valence-corrected chi connectivity index (χ4v) is 0.918. The van der Waals surface area contributed by atoms with E-state index in [0.29, 0.717) is 11.5 Å². The van der Waals surface area contributed by atoms with Crippen molar-refractivity contribution in [2.24, 2.45) is 7.05 Å². The number of aryl methyl sites for hydroxylation is 1. The van der Waals surface area contributed by atoms with Gasteiger partial charge in [-0.05, 0) is 0 Å². The van der Waals surface area contributed by atoms with Gasteiger partial charge < -0.3 is 10.3 Å². The Bertz CT molecular complexity index is 391. The van der Waals surface area contributed by atoms with Crippen molar-refractivity contribution in [3.8, 4) is 0 Å². The largest absolute Gasteiger partial charge is 0.382 e. The monoisotopic (exact) mass is 149 g/mol. The van der Waals surface area contributed by atoms with Crippen LogP contribution in [0.15, 0.2) is 12.5 Å². The molecular formula is C6H7N5. The standard InChI is InChI=1S/C6H7N5/c1-11-3-9-5-6(11)8-2-4(7)10-5/h2-3H,1H3,(H2,7,10). The lowest BCUT2D eigenvalue weighted by atomic mass is 10.6. The Morgan fingerprint density at radius 2 is 2.27 bits per heavy atom. The zero-order valence-corrected chi connectivity index (χ0v) is 6.02. The van der Waals surface area contributed by atoms with Gasteiger partial charge in [0.2, 0.25) is 0 Å².